The molecular weight excluding hydrogens is 274 g/mol. The van der Waals surface area contributed by atoms with Crippen molar-refractivity contribution in [3.8, 4) is 0 Å². The van der Waals surface area contributed by atoms with Crippen LogP contribution < -0.4 is 4.90 Å². The van der Waals surface area contributed by atoms with E-state index in [1.165, 1.54) is 7.11 Å². The number of hydrogen-bond donors (Lipinski definition) is 0. The molecule has 0 spiro atoms. The van der Waals surface area contributed by atoms with Crippen molar-refractivity contribution in [2.24, 2.45) is 0 Å². The lowest BCUT2D eigenvalue weighted by atomic mass is 10.2. The maximum Gasteiger partial charge on any atom is 0.305 e. The normalized spacial score (nSPS) is 10.3. The summed E-state index contributed by atoms with van der Waals surface area (Å²) in [5, 5.41) is 2.92. The molecule has 0 saturated heterocycles. The molecule has 6 heteroatoms. The van der Waals surface area contributed by atoms with Crippen molar-refractivity contribution in [2.45, 2.75) is 19.4 Å². The van der Waals surface area contributed by atoms with E-state index in [2.05, 4.69) is 19.6 Å². The Balaban J connectivity index is 1.92. The van der Waals surface area contributed by atoms with Crippen molar-refractivity contribution in [2.75, 3.05) is 19.1 Å². The molecule has 2 aromatic rings. The number of carbonyl (C=O) groups excluding carboxylic acids is 1. The molecule has 0 bridgehead atoms. The minimum atomic E-state index is -0.205. The highest BCUT2D eigenvalue weighted by atomic mass is 32.1. The monoisotopic (exact) mass is 291 g/mol. The summed E-state index contributed by atoms with van der Waals surface area (Å²) in [5.74, 6) is -0.205. The number of aromatic nitrogens is 2. The van der Waals surface area contributed by atoms with Crippen LogP contribution in [0.5, 0.6) is 0 Å². The quantitative estimate of drug-likeness (QED) is 0.764. The van der Waals surface area contributed by atoms with Crippen LogP contribution >= 0.6 is 11.3 Å². The third kappa shape index (κ3) is 4.03. The summed E-state index contributed by atoms with van der Waals surface area (Å²) in [6.45, 7) is 0.762. The van der Waals surface area contributed by atoms with Gasteiger partial charge in [0.1, 0.15) is 0 Å². The Labute approximate surface area is 122 Å². The van der Waals surface area contributed by atoms with Crippen LogP contribution in [-0.2, 0) is 22.5 Å². The Morgan fingerprint density at radius 3 is 3.05 bits per heavy atom. The van der Waals surface area contributed by atoms with Crippen LogP contribution in [0.25, 0.3) is 0 Å². The number of esters is 1. The predicted molar refractivity (Wildman–Crippen MR) is 78.8 cm³/mol. The van der Waals surface area contributed by atoms with Gasteiger partial charge in [-0.25, -0.2) is 4.98 Å². The summed E-state index contributed by atoms with van der Waals surface area (Å²) in [6, 6.07) is 3.96. The average molecular weight is 291 g/mol. The molecule has 0 fully saturated rings. The molecule has 106 valence electrons. The minimum absolute atomic E-state index is 0.205. The molecule has 2 aromatic heterocycles. The molecule has 0 aromatic carbocycles. The Bertz CT molecular complexity index is 557. The molecule has 5 nitrogen and oxygen atoms in total. The smallest absolute Gasteiger partial charge is 0.305 e. The largest absolute Gasteiger partial charge is 0.469 e. The Morgan fingerprint density at radius 1 is 1.50 bits per heavy atom. The van der Waals surface area contributed by atoms with E-state index < -0.39 is 0 Å². The van der Waals surface area contributed by atoms with Gasteiger partial charge in [0, 0.05) is 37.8 Å². The summed E-state index contributed by atoms with van der Waals surface area (Å²) >= 11 is 1.58. The highest BCUT2D eigenvalue weighted by Gasteiger charge is 2.09. The second-order valence-electron chi connectivity index (χ2n) is 4.41. The fourth-order valence-electron chi connectivity index (χ4n) is 1.75. The van der Waals surface area contributed by atoms with E-state index in [4.69, 9.17) is 0 Å². The first-order valence-corrected chi connectivity index (χ1v) is 7.18. The Kier molecular flexibility index (Phi) is 5.06. The number of anilines is 1. The van der Waals surface area contributed by atoms with E-state index in [1.54, 1.807) is 17.5 Å². The summed E-state index contributed by atoms with van der Waals surface area (Å²) < 4.78 is 4.62. The maximum atomic E-state index is 11.1. The van der Waals surface area contributed by atoms with Gasteiger partial charge < -0.3 is 9.64 Å². The fraction of sp³-hybridized carbons (Fsp3) is 0.357. The van der Waals surface area contributed by atoms with E-state index in [0.717, 1.165) is 22.9 Å². The van der Waals surface area contributed by atoms with Crippen molar-refractivity contribution < 1.29 is 9.53 Å². The lowest BCUT2D eigenvalue weighted by Gasteiger charge is -2.15. The lowest BCUT2D eigenvalue weighted by molar-refractivity contribution is -0.140. The fourth-order valence-corrected chi connectivity index (χ4v) is 2.58. The second kappa shape index (κ2) is 7.00. The first-order valence-electron chi connectivity index (χ1n) is 6.30. The first-order chi connectivity index (χ1) is 9.69. The second-order valence-corrected chi connectivity index (χ2v) is 5.25. The van der Waals surface area contributed by atoms with Crippen LogP contribution in [-0.4, -0.2) is 30.1 Å². The predicted octanol–water partition coefficient (Wildman–Crippen LogP) is 2.28. The number of pyridine rings is 1. The molecule has 0 aliphatic heterocycles. The van der Waals surface area contributed by atoms with Crippen molar-refractivity contribution in [1.82, 2.24) is 9.97 Å². The van der Waals surface area contributed by atoms with E-state index in [-0.39, 0.29) is 5.97 Å². The molecule has 0 radical (unpaired) electrons. The van der Waals surface area contributed by atoms with E-state index in [9.17, 15) is 4.79 Å². The van der Waals surface area contributed by atoms with Gasteiger partial charge >= 0.3 is 5.97 Å². The number of thiazole rings is 1. The zero-order valence-corrected chi connectivity index (χ0v) is 12.4. The third-order valence-electron chi connectivity index (χ3n) is 2.82. The van der Waals surface area contributed by atoms with E-state index >= 15 is 0 Å². The molecule has 0 atom stereocenters. The van der Waals surface area contributed by atoms with Gasteiger partial charge in [0.15, 0.2) is 5.13 Å². The molecule has 0 saturated carbocycles. The number of rotatable bonds is 6. The Morgan fingerprint density at radius 2 is 2.35 bits per heavy atom. The first kappa shape index (κ1) is 14.5. The summed E-state index contributed by atoms with van der Waals surface area (Å²) in [4.78, 5) is 21.8. The zero-order chi connectivity index (χ0) is 14.4. The van der Waals surface area contributed by atoms with E-state index in [1.807, 2.05) is 30.8 Å². The molecule has 0 amide bonds. The highest BCUT2D eigenvalue weighted by molar-refractivity contribution is 7.13. The standard InChI is InChI=1S/C14H17N3O2S/c1-17(9-11-4-3-7-15-8-11)14-16-12(10-20-14)5-6-13(18)19-2/h3-4,7-8,10H,5-6,9H2,1-2H3. The van der Waals surface area contributed by atoms with Crippen LogP contribution in [0.3, 0.4) is 0 Å². The minimum Gasteiger partial charge on any atom is -0.469 e. The average Bonchev–Trinajstić information content (AvgIpc) is 2.95. The van der Waals surface area contributed by atoms with Crippen molar-refractivity contribution in [3.63, 3.8) is 0 Å². The number of ether oxygens (including phenoxy) is 1. The van der Waals surface area contributed by atoms with Crippen LogP contribution in [0.4, 0.5) is 5.13 Å². The number of hydrogen-bond acceptors (Lipinski definition) is 6. The van der Waals surface area contributed by atoms with Gasteiger partial charge in [-0.2, -0.15) is 0 Å². The molecule has 20 heavy (non-hydrogen) atoms. The summed E-state index contributed by atoms with van der Waals surface area (Å²) in [5.41, 5.74) is 2.06. The number of methoxy groups -OCH3 is 1. The number of carbonyl (C=O) groups is 1. The van der Waals surface area contributed by atoms with Crippen LogP contribution in [0.2, 0.25) is 0 Å². The Hall–Kier alpha value is -1.95. The molecule has 0 aliphatic carbocycles. The number of nitrogens with zero attached hydrogens (tertiary/aromatic N) is 3. The van der Waals surface area contributed by atoms with Gasteiger partial charge in [0.25, 0.3) is 0 Å². The van der Waals surface area contributed by atoms with Gasteiger partial charge in [0.2, 0.25) is 0 Å². The van der Waals surface area contributed by atoms with E-state index in [0.29, 0.717) is 12.8 Å². The van der Waals surface area contributed by atoms with Crippen molar-refractivity contribution in [3.05, 3.63) is 41.2 Å². The SMILES string of the molecule is COC(=O)CCc1csc(N(C)Cc2cccnc2)n1. The molecule has 0 unspecified atom stereocenters. The number of aryl methyl sites for hydroxylation is 1. The maximum absolute atomic E-state index is 11.1. The lowest BCUT2D eigenvalue weighted by Crippen LogP contribution is -2.16. The summed E-state index contributed by atoms with van der Waals surface area (Å²) in [7, 11) is 3.40. The van der Waals surface area contributed by atoms with Crippen LogP contribution in [0.15, 0.2) is 29.9 Å². The molecule has 2 rings (SSSR count). The van der Waals surface area contributed by atoms with Gasteiger partial charge in [0.05, 0.1) is 19.2 Å². The van der Waals surface area contributed by atoms with Crippen LogP contribution in [0, 0.1) is 0 Å². The van der Waals surface area contributed by atoms with Crippen molar-refractivity contribution >= 4 is 22.4 Å². The van der Waals surface area contributed by atoms with Gasteiger partial charge in [-0.05, 0) is 11.6 Å². The molecular formula is C14H17N3O2S. The van der Waals surface area contributed by atoms with Gasteiger partial charge in [-0.1, -0.05) is 6.07 Å². The molecule has 2 heterocycles. The molecule has 0 N–H and O–H groups in total. The summed E-state index contributed by atoms with van der Waals surface area (Å²) in [6.07, 6.45) is 4.59. The van der Waals surface area contributed by atoms with Crippen molar-refractivity contribution in [1.29, 1.82) is 0 Å². The van der Waals surface area contributed by atoms with Crippen LogP contribution in [0.1, 0.15) is 17.7 Å². The van der Waals surface area contributed by atoms with Gasteiger partial charge in [-0.3, -0.25) is 9.78 Å². The highest BCUT2D eigenvalue weighted by Crippen LogP contribution is 2.21. The zero-order valence-electron chi connectivity index (χ0n) is 11.6. The topological polar surface area (TPSA) is 55.3 Å². The third-order valence-corrected chi connectivity index (χ3v) is 3.83. The van der Waals surface area contributed by atoms with Gasteiger partial charge in [-0.15, -0.1) is 11.3 Å². The molecule has 0 aliphatic rings.